The Labute approximate surface area is 290 Å². The van der Waals surface area contributed by atoms with Gasteiger partial charge in [-0.25, -0.2) is 4.98 Å². The number of carbonyl (C=O) groups excluding carboxylic acids is 1. The molecule has 6 heterocycles. The predicted molar refractivity (Wildman–Crippen MR) is 191 cm³/mol. The van der Waals surface area contributed by atoms with E-state index in [9.17, 15) is 4.79 Å². The summed E-state index contributed by atoms with van der Waals surface area (Å²) in [4.78, 5) is 28.3. The van der Waals surface area contributed by atoms with E-state index in [4.69, 9.17) is 27.1 Å². The highest BCUT2D eigenvalue weighted by Crippen LogP contribution is 2.42. The van der Waals surface area contributed by atoms with Gasteiger partial charge in [0, 0.05) is 85.5 Å². The Morgan fingerprint density at radius 1 is 1.00 bits per heavy atom. The zero-order valence-electron chi connectivity index (χ0n) is 27.7. The fourth-order valence-electron chi connectivity index (χ4n) is 8.76. The number of anilines is 1. The maximum Gasteiger partial charge on any atom is 0.254 e. The van der Waals surface area contributed by atoms with Gasteiger partial charge >= 0.3 is 0 Å². The average molecular weight is 677 g/mol. The van der Waals surface area contributed by atoms with Crippen LogP contribution in [-0.2, 0) is 13.1 Å². The molecule has 11 heteroatoms. The van der Waals surface area contributed by atoms with Gasteiger partial charge in [0.05, 0.1) is 35.7 Å². The lowest BCUT2D eigenvalue weighted by molar-refractivity contribution is 0.0700. The van der Waals surface area contributed by atoms with Crippen molar-refractivity contribution in [2.45, 2.75) is 56.9 Å². The highest BCUT2D eigenvalue weighted by molar-refractivity contribution is 6.31. The van der Waals surface area contributed by atoms with E-state index in [1.165, 1.54) is 24.1 Å². The molecule has 3 N–H and O–H groups in total. The number of carbonyl (C=O) groups is 1. The molecule has 5 aliphatic rings. The number of pyridine rings is 1. The van der Waals surface area contributed by atoms with Crippen molar-refractivity contribution in [1.29, 1.82) is 0 Å². The number of nitrogens with one attached hydrogen (secondary N) is 1. The van der Waals surface area contributed by atoms with E-state index >= 15 is 0 Å². The number of nitrogens with two attached hydrogens (primary N) is 1. The zero-order valence-corrected chi connectivity index (χ0v) is 28.4. The van der Waals surface area contributed by atoms with Crippen LogP contribution < -0.4 is 20.7 Å². The van der Waals surface area contributed by atoms with E-state index in [1.807, 2.05) is 35.5 Å². The van der Waals surface area contributed by atoms with Crippen LogP contribution in [-0.4, -0.2) is 75.3 Å². The van der Waals surface area contributed by atoms with Gasteiger partial charge in [-0.1, -0.05) is 17.7 Å². The molecule has 2 aromatic carbocycles. The quantitative estimate of drug-likeness (QED) is 0.199. The molecule has 0 radical (unpaired) electrons. The van der Waals surface area contributed by atoms with Crippen LogP contribution in [0.5, 0.6) is 5.75 Å². The summed E-state index contributed by atoms with van der Waals surface area (Å²) in [6.07, 6.45) is 8.50. The zero-order chi connectivity index (χ0) is 33.0. The van der Waals surface area contributed by atoms with E-state index in [-0.39, 0.29) is 18.0 Å². The fourth-order valence-corrected chi connectivity index (χ4v) is 8.92. The smallest absolute Gasteiger partial charge is 0.254 e. The first-order chi connectivity index (χ1) is 23.9. The number of halogens is 1. The molecule has 5 fully saturated rings. The number of aromatic nitrogens is 4. The van der Waals surface area contributed by atoms with E-state index in [1.54, 1.807) is 7.11 Å². The third-order valence-corrected chi connectivity index (χ3v) is 12.0. The number of nitrogens with zero attached hydrogens (tertiary/aromatic N) is 6. The lowest BCUT2D eigenvalue weighted by Gasteiger charge is -2.41. The first-order valence-electron chi connectivity index (χ1n) is 17.8. The molecule has 49 heavy (non-hydrogen) atoms. The number of rotatable bonds is 9. The van der Waals surface area contributed by atoms with Gasteiger partial charge in [-0.2, -0.15) is 0 Å². The first-order valence-corrected chi connectivity index (χ1v) is 18.2. The van der Waals surface area contributed by atoms with Crippen LogP contribution in [0.1, 0.15) is 47.6 Å². The highest BCUT2D eigenvalue weighted by Gasteiger charge is 2.47. The van der Waals surface area contributed by atoms with Crippen molar-refractivity contribution >= 4 is 45.1 Å². The normalized spacial score (nSPS) is 24.7. The third kappa shape index (κ3) is 5.02. The number of imidazole rings is 1. The van der Waals surface area contributed by atoms with Gasteiger partial charge in [-0.05, 0) is 79.5 Å². The molecule has 5 aromatic rings. The number of hydrogen-bond acceptors (Lipinski definition) is 7. The molecule has 3 aliphatic heterocycles. The molecule has 0 spiro atoms. The second-order valence-electron chi connectivity index (χ2n) is 15.0. The van der Waals surface area contributed by atoms with Crippen molar-refractivity contribution in [3.63, 3.8) is 0 Å². The van der Waals surface area contributed by atoms with Gasteiger partial charge in [0.25, 0.3) is 5.91 Å². The lowest BCUT2D eigenvalue weighted by atomic mass is 9.98. The Morgan fingerprint density at radius 2 is 1.84 bits per heavy atom. The summed E-state index contributed by atoms with van der Waals surface area (Å²) < 4.78 is 10.9. The number of likely N-dealkylation sites (tertiary alicyclic amines) is 1. The number of fused-ring (bicyclic) bond motifs is 4. The molecular weight excluding hydrogens is 636 g/mol. The Bertz CT molecular complexity index is 2130. The largest absolute Gasteiger partial charge is 0.494 e. The maximum atomic E-state index is 14.0. The minimum absolute atomic E-state index is 0.0170. The molecule has 3 aromatic heterocycles. The number of piperidine rings is 1. The topological polar surface area (TPSA) is 116 Å². The molecule has 10 nitrogen and oxygen atoms in total. The second-order valence-corrected chi connectivity index (χ2v) is 15.5. The van der Waals surface area contributed by atoms with E-state index < -0.39 is 0 Å². The van der Waals surface area contributed by atoms with Gasteiger partial charge in [0.15, 0.2) is 5.82 Å². The Morgan fingerprint density at radius 3 is 2.57 bits per heavy atom. The Hall–Kier alpha value is -4.12. The fraction of sp³-hybridized carbons (Fsp3) is 0.447. The van der Waals surface area contributed by atoms with Gasteiger partial charge in [-0.3, -0.25) is 9.78 Å². The van der Waals surface area contributed by atoms with Gasteiger partial charge in [0.2, 0.25) is 0 Å². The van der Waals surface area contributed by atoms with Crippen LogP contribution in [0, 0.1) is 17.8 Å². The van der Waals surface area contributed by atoms with Gasteiger partial charge in [-0.15, -0.1) is 0 Å². The molecule has 2 aliphatic carbocycles. The van der Waals surface area contributed by atoms with Crippen LogP contribution >= 0.6 is 11.6 Å². The molecule has 1 amide bonds. The van der Waals surface area contributed by atoms with Crippen molar-refractivity contribution in [1.82, 2.24) is 29.3 Å². The summed E-state index contributed by atoms with van der Waals surface area (Å²) in [5.74, 6) is 3.03. The molecule has 3 unspecified atom stereocenters. The summed E-state index contributed by atoms with van der Waals surface area (Å²) in [5, 5.41) is 5.27. The van der Waals surface area contributed by atoms with Crippen molar-refractivity contribution in [2.24, 2.45) is 23.5 Å². The van der Waals surface area contributed by atoms with Crippen LogP contribution in [0.25, 0.3) is 33.5 Å². The number of benzene rings is 2. The Balaban J connectivity index is 1.06. The minimum atomic E-state index is 0.0170. The molecule has 4 atom stereocenters. The lowest BCUT2D eigenvalue weighted by Crippen LogP contribution is -2.48. The predicted octanol–water partition coefficient (Wildman–Crippen LogP) is 5.47. The average Bonchev–Trinajstić information content (AvgIpc) is 4.00. The summed E-state index contributed by atoms with van der Waals surface area (Å²) in [6, 6.07) is 15.2. The molecule has 3 saturated heterocycles. The van der Waals surface area contributed by atoms with E-state index in [0.29, 0.717) is 35.1 Å². The van der Waals surface area contributed by atoms with Crippen LogP contribution in [0.4, 0.5) is 5.69 Å². The molecule has 10 rings (SSSR count). The second kappa shape index (κ2) is 11.2. The summed E-state index contributed by atoms with van der Waals surface area (Å²) in [7, 11) is 1.69. The standard InChI is InChI=1S/C38H41ClN8O2/c1-49-34-11-25(38(48)46-20-24-5-7-31(46)35(24)40)9-29-36(34)47(19-22-16-44(17-22)28-8-26(13-41-14-28)30-15-42-30)37(43-29)33-10-23-4-6-27(39)12-32(23)45(33)18-21-2-3-21/h4,6,8-14,21-22,24,30-31,35,42H,2-3,5,7,15-20,40H2,1H3/t24?,30?,31?,35-/m1/s1. The molecule has 2 saturated carbocycles. The van der Waals surface area contributed by atoms with Crippen LogP contribution in [0.2, 0.25) is 5.02 Å². The van der Waals surface area contributed by atoms with E-state index in [0.717, 1.165) is 90.6 Å². The number of hydrogen-bond donors (Lipinski definition) is 2. The first kappa shape index (κ1) is 29.8. The van der Waals surface area contributed by atoms with Crippen molar-refractivity contribution in [2.75, 3.05) is 38.2 Å². The number of amides is 1. The Kier molecular flexibility index (Phi) is 6.80. The monoisotopic (exact) mass is 676 g/mol. The molecule has 2 bridgehead atoms. The van der Waals surface area contributed by atoms with Crippen molar-refractivity contribution in [3.8, 4) is 17.3 Å². The molecule has 252 valence electrons. The van der Waals surface area contributed by atoms with Crippen LogP contribution in [0.15, 0.2) is 54.9 Å². The van der Waals surface area contributed by atoms with E-state index in [2.05, 4.69) is 48.6 Å². The third-order valence-electron chi connectivity index (χ3n) is 11.7. The van der Waals surface area contributed by atoms with Gasteiger partial charge in [0.1, 0.15) is 11.3 Å². The SMILES string of the molecule is COc1cc(C(=O)N2CC3CCC2[C@@H]3N)cc2nc(-c3cc4ccc(Cl)cc4n3CC3CC3)n(CC3CN(c4cncc(C5CN5)c4)C3)c12. The van der Waals surface area contributed by atoms with Crippen molar-refractivity contribution in [3.05, 3.63) is 71.0 Å². The van der Waals surface area contributed by atoms with Crippen molar-refractivity contribution < 1.29 is 9.53 Å². The highest BCUT2D eigenvalue weighted by atomic mass is 35.5. The number of ether oxygens (including phenoxy) is 1. The van der Waals surface area contributed by atoms with Crippen LogP contribution in [0.3, 0.4) is 0 Å². The molecular formula is C38H41ClN8O2. The summed E-state index contributed by atoms with van der Waals surface area (Å²) in [6.45, 7) is 5.31. The summed E-state index contributed by atoms with van der Waals surface area (Å²) >= 11 is 6.55. The van der Waals surface area contributed by atoms with Gasteiger partial charge < -0.3 is 34.7 Å². The summed E-state index contributed by atoms with van der Waals surface area (Å²) in [5.41, 5.74) is 13.4. The maximum absolute atomic E-state index is 14.0. The minimum Gasteiger partial charge on any atom is -0.494 e. The number of methoxy groups -OCH3 is 1.